The van der Waals surface area contributed by atoms with E-state index in [1.165, 1.54) is 31.0 Å². The Morgan fingerprint density at radius 1 is 1.52 bits per heavy atom. The molecular formula is C15H18ClN3O4. The van der Waals surface area contributed by atoms with E-state index in [0.29, 0.717) is 24.8 Å². The maximum absolute atomic E-state index is 12.1. The summed E-state index contributed by atoms with van der Waals surface area (Å²) in [7, 11) is 0. The molecule has 0 saturated carbocycles. The van der Waals surface area contributed by atoms with E-state index in [0.717, 1.165) is 13.1 Å². The Morgan fingerprint density at radius 2 is 2.35 bits per heavy atom. The maximum atomic E-state index is 12.1. The number of nitro groups is 1. The topological polar surface area (TPSA) is 84.7 Å². The smallest absolute Gasteiger partial charge is 0.287 e. The number of morpholine rings is 1. The highest BCUT2D eigenvalue weighted by molar-refractivity contribution is 6.33. The average Bonchev–Trinajstić information content (AvgIpc) is 2.99. The molecule has 1 aromatic rings. The van der Waals surface area contributed by atoms with E-state index in [2.05, 4.69) is 10.2 Å². The molecule has 3 rings (SSSR count). The summed E-state index contributed by atoms with van der Waals surface area (Å²) in [6.07, 6.45) is 2.36. The van der Waals surface area contributed by atoms with Crippen molar-refractivity contribution in [3.63, 3.8) is 0 Å². The fourth-order valence-electron chi connectivity index (χ4n) is 3.11. The molecule has 2 fully saturated rings. The summed E-state index contributed by atoms with van der Waals surface area (Å²) in [5.74, 6) is -0.311. The number of nitro benzene ring substituents is 1. The van der Waals surface area contributed by atoms with Gasteiger partial charge in [0.25, 0.3) is 11.6 Å². The summed E-state index contributed by atoms with van der Waals surface area (Å²) < 4.78 is 5.78. The molecule has 1 N–H and O–H groups in total. The van der Waals surface area contributed by atoms with E-state index in [-0.39, 0.29) is 22.7 Å². The number of hydrogen-bond donors (Lipinski definition) is 1. The monoisotopic (exact) mass is 339 g/mol. The van der Waals surface area contributed by atoms with Crippen molar-refractivity contribution in [1.29, 1.82) is 0 Å². The first-order chi connectivity index (χ1) is 11.0. The van der Waals surface area contributed by atoms with E-state index in [9.17, 15) is 14.9 Å². The van der Waals surface area contributed by atoms with Gasteiger partial charge in [-0.15, -0.1) is 0 Å². The van der Waals surface area contributed by atoms with Crippen LogP contribution in [0.25, 0.3) is 0 Å². The summed E-state index contributed by atoms with van der Waals surface area (Å²) in [4.78, 5) is 24.7. The number of fused-ring (bicyclic) bond motifs is 1. The molecule has 2 heterocycles. The molecule has 2 aliphatic rings. The third-order valence-corrected chi connectivity index (χ3v) is 4.66. The molecule has 124 valence electrons. The maximum Gasteiger partial charge on any atom is 0.287 e. The van der Waals surface area contributed by atoms with Crippen LogP contribution in [0, 0.1) is 10.1 Å². The van der Waals surface area contributed by atoms with E-state index in [1.807, 2.05) is 0 Å². The number of amides is 1. The van der Waals surface area contributed by atoms with Crippen LogP contribution in [0.1, 0.15) is 23.2 Å². The Balaban J connectivity index is 1.55. The van der Waals surface area contributed by atoms with E-state index in [1.54, 1.807) is 0 Å². The molecule has 0 aromatic heterocycles. The minimum atomic E-state index is -0.577. The molecular weight excluding hydrogens is 322 g/mol. The fourth-order valence-corrected chi connectivity index (χ4v) is 3.36. The van der Waals surface area contributed by atoms with Gasteiger partial charge in [-0.3, -0.25) is 19.8 Å². The van der Waals surface area contributed by atoms with Crippen LogP contribution in [0.4, 0.5) is 5.69 Å². The third-order valence-electron chi connectivity index (χ3n) is 4.36. The van der Waals surface area contributed by atoms with E-state index < -0.39 is 4.92 Å². The van der Waals surface area contributed by atoms with E-state index >= 15 is 0 Å². The van der Waals surface area contributed by atoms with Crippen molar-refractivity contribution < 1.29 is 14.5 Å². The minimum absolute atomic E-state index is 0.0261. The minimum Gasteiger partial charge on any atom is -0.373 e. The van der Waals surface area contributed by atoms with Gasteiger partial charge in [-0.1, -0.05) is 11.6 Å². The van der Waals surface area contributed by atoms with Crippen molar-refractivity contribution in [2.75, 3.05) is 26.2 Å². The van der Waals surface area contributed by atoms with Gasteiger partial charge in [0.1, 0.15) is 5.02 Å². The van der Waals surface area contributed by atoms with Crippen LogP contribution in [0.2, 0.25) is 5.02 Å². The van der Waals surface area contributed by atoms with Gasteiger partial charge in [-0.25, -0.2) is 0 Å². The quantitative estimate of drug-likeness (QED) is 0.668. The van der Waals surface area contributed by atoms with Crippen LogP contribution in [0.3, 0.4) is 0 Å². The zero-order valence-electron chi connectivity index (χ0n) is 12.5. The molecule has 7 nitrogen and oxygen atoms in total. The fraction of sp³-hybridized carbons (Fsp3) is 0.533. The molecule has 0 unspecified atom stereocenters. The van der Waals surface area contributed by atoms with Crippen molar-refractivity contribution in [2.24, 2.45) is 0 Å². The molecule has 8 heteroatoms. The second-order valence-electron chi connectivity index (χ2n) is 5.88. The second kappa shape index (κ2) is 6.82. The summed E-state index contributed by atoms with van der Waals surface area (Å²) >= 11 is 5.83. The highest BCUT2D eigenvalue weighted by atomic mass is 35.5. The molecule has 1 amide bonds. The molecule has 2 saturated heterocycles. The summed E-state index contributed by atoms with van der Waals surface area (Å²) in [5, 5.41) is 13.5. The Kier molecular flexibility index (Phi) is 4.79. The lowest BCUT2D eigenvalue weighted by Crippen LogP contribution is -2.50. The normalized spacial score (nSPS) is 24.2. The molecule has 2 aliphatic heterocycles. The number of benzene rings is 1. The van der Waals surface area contributed by atoms with Gasteiger partial charge < -0.3 is 10.1 Å². The first-order valence-corrected chi connectivity index (χ1v) is 8.00. The SMILES string of the molecule is O=C(NC[C@@H]1CN2CCC[C@H]2CO1)c1ccc([N+](=O)[O-])c(Cl)c1. The highest BCUT2D eigenvalue weighted by Gasteiger charge is 2.32. The number of halogens is 1. The van der Waals surface area contributed by atoms with Crippen LogP contribution in [0.15, 0.2) is 18.2 Å². The van der Waals surface area contributed by atoms with E-state index in [4.69, 9.17) is 16.3 Å². The van der Waals surface area contributed by atoms with Gasteiger partial charge in [0.2, 0.25) is 0 Å². The van der Waals surface area contributed by atoms with Gasteiger partial charge in [0.05, 0.1) is 17.6 Å². The Hall–Kier alpha value is -1.70. The van der Waals surface area contributed by atoms with Crippen molar-refractivity contribution in [2.45, 2.75) is 25.0 Å². The molecule has 2 atom stereocenters. The molecule has 23 heavy (non-hydrogen) atoms. The van der Waals surface area contributed by atoms with Crippen molar-refractivity contribution in [3.05, 3.63) is 38.9 Å². The number of ether oxygens (including phenoxy) is 1. The molecule has 0 spiro atoms. The standard InChI is InChI=1S/C15H18ClN3O4/c16-13-6-10(3-4-14(13)19(21)22)15(20)17-7-12-8-18-5-1-2-11(18)9-23-12/h3-4,6,11-12H,1-2,5,7-9H2,(H,17,20)/t11-,12+/m0/s1. The van der Waals surface area contributed by atoms with Crippen LogP contribution < -0.4 is 5.32 Å². The van der Waals surface area contributed by atoms with Crippen LogP contribution in [0.5, 0.6) is 0 Å². The molecule has 0 radical (unpaired) electrons. The first-order valence-electron chi connectivity index (χ1n) is 7.62. The van der Waals surface area contributed by atoms with Crippen LogP contribution in [-0.4, -0.2) is 54.1 Å². The number of hydrogen-bond acceptors (Lipinski definition) is 5. The van der Waals surface area contributed by atoms with Gasteiger partial charge in [0, 0.05) is 30.8 Å². The number of carbonyl (C=O) groups is 1. The summed E-state index contributed by atoms with van der Waals surface area (Å²) in [5.41, 5.74) is 0.0920. The highest BCUT2D eigenvalue weighted by Crippen LogP contribution is 2.25. The van der Waals surface area contributed by atoms with Crippen molar-refractivity contribution >= 4 is 23.2 Å². The summed E-state index contributed by atoms with van der Waals surface area (Å²) in [6.45, 7) is 3.04. The van der Waals surface area contributed by atoms with Crippen LogP contribution in [-0.2, 0) is 4.74 Å². The average molecular weight is 340 g/mol. The predicted octanol–water partition coefficient (Wildman–Crippen LogP) is 1.84. The second-order valence-corrected chi connectivity index (χ2v) is 6.29. The lowest BCUT2D eigenvalue weighted by molar-refractivity contribution is -0.384. The number of nitrogens with one attached hydrogen (secondary N) is 1. The zero-order valence-corrected chi connectivity index (χ0v) is 13.3. The van der Waals surface area contributed by atoms with Crippen molar-refractivity contribution in [3.8, 4) is 0 Å². The van der Waals surface area contributed by atoms with Crippen LogP contribution >= 0.6 is 11.6 Å². The molecule has 1 aromatic carbocycles. The summed E-state index contributed by atoms with van der Waals surface area (Å²) in [6, 6.07) is 4.48. The number of carbonyl (C=O) groups excluding carboxylic acids is 1. The predicted molar refractivity (Wildman–Crippen MR) is 84.8 cm³/mol. The first kappa shape index (κ1) is 16.2. The lowest BCUT2D eigenvalue weighted by Gasteiger charge is -2.35. The Morgan fingerprint density at radius 3 is 3.09 bits per heavy atom. The van der Waals surface area contributed by atoms with Gasteiger partial charge in [-0.2, -0.15) is 0 Å². The van der Waals surface area contributed by atoms with Gasteiger partial charge in [0.15, 0.2) is 0 Å². The molecule has 0 bridgehead atoms. The van der Waals surface area contributed by atoms with Gasteiger partial charge >= 0.3 is 0 Å². The largest absolute Gasteiger partial charge is 0.373 e. The lowest BCUT2D eigenvalue weighted by atomic mass is 10.1. The molecule has 0 aliphatic carbocycles. The zero-order chi connectivity index (χ0) is 16.4. The van der Waals surface area contributed by atoms with Crippen molar-refractivity contribution in [1.82, 2.24) is 10.2 Å². The number of nitrogens with zero attached hydrogens (tertiary/aromatic N) is 2. The number of rotatable bonds is 4. The Labute approximate surface area is 138 Å². The third kappa shape index (κ3) is 3.63. The van der Waals surface area contributed by atoms with Gasteiger partial charge in [-0.05, 0) is 31.5 Å². The Bertz CT molecular complexity index is 625.